The van der Waals surface area contributed by atoms with Gasteiger partial charge in [-0.1, -0.05) is 20.8 Å². The minimum Gasteiger partial charge on any atom is -0.453 e. The van der Waals surface area contributed by atoms with Crippen LogP contribution in [0.25, 0.3) is 0 Å². The number of benzene rings is 1. The van der Waals surface area contributed by atoms with Gasteiger partial charge in [-0.05, 0) is 34.1 Å². The number of nitrogens with zero attached hydrogens (tertiary/aromatic N) is 1. The van der Waals surface area contributed by atoms with Gasteiger partial charge in [-0.3, -0.25) is 15.4 Å². The summed E-state index contributed by atoms with van der Waals surface area (Å²) in [6, 6.07) is 2.90. The predicted molar refractivity (Wildman–Crippen MR) is 80.5 cm³/mol. The fourth-order valence-electron chi connectivity index (χ4n) is 1.70. The van der Waals surface area contributed by atoms with E-state index in [-0.39, 0.29) is 11.1 Å². The fourth-order valence-corrected chi connectivity index (χ4v) is 3.18. The summed E-state index contributed by atoms with van der Waals surface area (Å²) in [6.07, 6.45) is -0.602. The molecule has 7 heteroatoms. The van der Waals surface area contributed by atoms with Crippen molar-refractivity contribution >= 4 is 40.1 Å². The molecule has 1 amide bonds. The molecule has 0 spiro atoms. The van der Waals surface area contributed by atoms with Gasteiger partial charge < -0.3 is 4.74 Å². The van der Waals surface area contributed by atoms with Crippen molar-refractivity contribution in [2.45, 2.75) is 26.2 Å². The van der Waals surface area contributed by atoms with Crippen LogP contribution in [0.4, 0.5) is 16.2 Å². The van der Waals surface area contributed by atoms with Gasteiger partial charge in [0.2, 0.25) is 0 Å². The highest BCUT2D eigenvalue weighted by molar-refractivity contribution is 14.1. The predicted octanol–water partition coefficient (Wildman–Crippen LogP) is 3.68. The summed E-state index contributed by atoms with van der Waals surface area (Å²) in [5.41, 5.74) is 0.918. The third-order valence-electron chi connectivity index (χ3n) is 2.49. The average molecular weight is 378 g/mol. The first-order chi connectivity index (χ1) is 8.68. The van der Waals surface area contributed by atoms with E-state index < -0.39 is 11.0 Å². The van der Waals surface area contributed by atoms with E-state index in [0.717, 1.165) is 0 Å². The Morgan fingerprint density at radius 2 is 2.00 bits per heavy atom. The Balaban J connectivity index is 3.45. The molecule has 0 atom stereocenters. The van der Waals surface area contributed by atoms with Crippen LogP contribution >= 0.6 is 22.6 Å². The summed E-state index contributed by atoms with van der Waals surface area (Å²) in [5.74, 6) is 0. The Kier molecular flexibility index (Phi) is 4.72. The summed E-state index contributed by atoms with van der Waals surface area (Å²) in [4.78, 5) is 21.9. The zero-order valence-corrected chi connectivity index (χ0v) is 13.3. The van der Waals surface area contributed by atoms with Crippen LogP contribution in [0.3, 0.4) is 0 Å². The van der Waals surface area contributed by atoms with E-state index in [4.69, 9.17) is 0 Å². The maximum Gasteiger partial charge on any atom is 0.411 e. The molecular weight excluding hydrogens is 363 g/mol. The molecule has 0 bridgehead atoms. The molecule has 0 heterocycles. The van der Waals surface area contributed by atoms with Crippen molar-refractivity contribution in [2.24, 2.45) is 0 Å². The second-order valence-corrected chi connectivity index (χ2v) is 6.02. The van der Waals surface area contributed by atoms with Gasteiger partial charge in [0.05, 0.1) is 15.6 Å². The van der Waals surface area contributed by atoms with Crippen molar-refractivity contribution in [3.8, 4) is 0 Å². The Morgan fingerprint density at radius 3 is 2.42 bits per heavy atom. The molecule has 19 heavy (non-hydrogen) atoms. The van der Waals surface area contributed by atoms with Crippen molar-refractivity contribution in [2.75, 3.05) is 12.4 Å². The minimum absolute atomic E-state index is 0.0286. The Hall–Kier alpha value is -1.38. The SMILES string of the molecule is COC(=O)Nc1ccc([N+](=O)[O-])c(I)c1C(C)(C)C. The molecule has 1 rings (SSSR count). The third-order valence-corrected chi connectivity index (χ3v) is 3.58. The Labute approximate surface area is 124 Å². The molecule has 0 aliphatic rings. The summed E-state index contributed by atoms with van der Waals surface area (Å²) in [7, 11) is 1.27. The lowest BCUT2D eigenvalue weighted by Gasteiger charge is -2.24. The largest absolute Gasteiger partial charge is 0.453 e. The highest BCUT2D eigenvalue weighted by atomic mass is 127. The van der Waals surface area contributed by atoms with Crippen LogP contribution in [0.15, 0.2) is 12.1 Å². The van der Waals surface area contributed by atoms with Crippen molar-refractivity contribution in [1.29, 1.82) is 0 Å². The van der Waals surface area contributed by atoms with E-state index in [9.17, 15) is 14.9 Å². The third kappa shape index (κ3) is 3.55. The molecule has 0 aliphatic heterocycles. The van der Waals surface area contributed by atoms with E-state index >= 15 is 0 Å². The average Bonchev–Trinajstić information content (AvgIpc) is 2.26. The number of rotatable bonds is 2. The van der Waals surface area contributed by atoms with Crippen LogP contribution in [0.1, 0.15) is 26.3 Å². The number of amides is 1. The number of anilines is 1. The quantitative estimate of drug-likeness (QED) is 0.484. The molecule has 0 aliphatic carbocycles. The van der Waals surface area contributed by atoms with Crippen LogP contribution in [0, 0.1) is 13.7 Å². The Morgan fingerprint density at radius 1 is 1.42 bits per heavy atom. The van der Waals surface area contributed by atoms with Gasteiger partial charge >= 0.3 is 6.09 Å². The maximum absolute atomic E-state index is 11.3. The highest BCUT2D eigenvalue weighted by Crippen LogP contribution is 2.38. The molecule has 0 unspecified atom stereocenters. The molecule has 1 aromatic rings. The number of nitro benzene ring substituents is 1. The van der Waals surface area contributed by atoms with E-state index in [2.05, 4.69) is 10.1 Å². The van der Waals surface area contributed by atoms with Gasteiger partial charge in [-0.2, -0.15) is 0 Å². The van der Waals surface area contributed by atoms with Crippen molar-refractivity contribution in [3.63, 3.8) is 0 Å². The topological polar surface area (TPSA) is 81.5 Å². The lowest BCUT2D eigenvalue weighted by molar-refractivity contribution is -0.385. The first-order valence-corrected chi connectivity index (χ1v) is 6.58. The number of hydrogen-bond donors (Lipinski definition) is 1. The second-order valence-electron chi connectivity index (χ2n) is 4.94. The van der Waals surface area contributed by atoms with E-state index in [1.807, 2.05) is 43.4 Å². The van der Waals surface area contributed by atoms with Crippen LogP contribution in [-0.2, 0) is 10.2 Å². The number of methoxy groups -OCH3 is 1. The molecule has 6 nitrogen and oxygen atoms in total. The van der Waals surface area contributed by atoms with Crippen LogP contribution in [0.5, 0.6) is 0 Å². The van der Waals surface area contributed by atoms with Gasteiger partial charge in [0.15, 0.2) is 0 Å². The Bertz CT molecular complexity index is 523. The van der Waals surface area contributed by atoms with Crippen molar-refractivity contribution in [1.82, 2.24) is 0 Å². The lowest BCUT2D eigenvalue weighted by atomic mass is 9.85. The van der Waals surface area contributed by atoms with Crippen molar-refractivity contribution in [3.05, 3.63) is 31.4 Å². The summed E-state index contributed by atoms with van der Waals surface area (Å²) in [6.45, 7) is 5.78. The number of nitro groups is 1. The summed E-state index contributed by atoms with van der Waals surface area (Å²) < 4.78 is 5.07. The molecule has 0 saturated heterocycles. The zero-order valence-electron chi connectivity index (χ0n) is 11.1. The van der Waals surface area contributed by atoms with E-state index in [0.29, 0.717) is 14.8 Å². The number of hydrogen-bond acceptors (Lipinski definition) is 4. The maximum atomic E-state index is 11.3. The molecule has 1 N–H and O–H groups in total. The van der Waals surface area contributed by atoms with Crippen LogP contribution < -0.4 is 5.32 Å². The highest BCUT2D eigenvalue weighted by Gasteiger charge is 2.27. The second kappa shape index (κ2) is 5.72. The summed E-state index contributed by atoms with van der Waals surface area (Å²) in [5, 5.41) is 13.6. The van der Waals surface area contributed by atoms with E-state index in [1.165, 1.54) is 19.2 Å². The zero-order chi connectivity index (χ0) is 14.8. The summed E-state index contributed by atoms with van der Waals surface area (Å²) >= 11 is 1.93. The number of halogens is 1. The number of carbonyl (C=O) groups is 1. The van der Waals surface area contributed by atoms with Gasteiger partial charge in [0, 0.05) is 17.3 Å². The molecule has 1 aromatic carbocycles. The van der Waals surface area contributed by atoms with Gasteiger partial charge in [-0.25, -0.2) is 4.79 Å². The molecule has 0 radical (unpaired) electrons. The monoisotopic (exact) mass is 378 g/mol. The van der Waals surface area contributed by atoms with Gasteiger partial charge in [0.25, 0.3) is 5.69 Å². The molecular formula is C12H15IN2O4. The lowest BCUT2D eigenvalue weighted by Crippen LogP contribution is -2.20. The minimum atomic E-state index is -0.602. The molecule has 0 aromatic heterocycles. The number of carbonyl (C=O) groups excluding carboxylic acids is 1. The first kappa shape index (κ1) is 15.7. The number of ether oxygens (including phenoxy) is 1. The molecule has 0 fully saturated rings. The smallest absolute Gasteiger partial charge is 0.411 e. The standard InChI is InChI=1S/C12H15IN2O4/c1-12(2,3)9-7(14-11(16)19-4)5-6-8(10(9)13)15(17)18/h5-6H,1-4H3,(H,14,16). The fraction of sp³-hybridized carbons (Fsp3) is 0.417. The van der Waals surface area contributed by atoms with Crippen molar-refractivity contribution < 1.29 is 14.5 Å². The normalized spacial score (nSPS) is 11.0. The van der Waals surface area contributed by atoms with Gasteiger partial charge in [0.1, 0.15) is 0 Å². The van der Waals surface area contributed by atoms with Gasteiger partial charge in [-0.15, -0.1) is 0 Å². The van der Waals surface area contributed by atoms with E-state index in [1.54, 1.807) is 0 Å². The first-order valence-electron chi connectivity index (χ1n) is 5.50. The van der Waals surface area contributed by atoms with Crippen LogP contribution in [-0.4, -0.2) is 18.1 Å². The molecule has 104 valence electrons. The number of nitrogens with one attached hydrogen (secondary N) is 1. The molecule has 0 saturated carbocycles. The van der Waals surface area contributed by atoms with Crippen LogP contribution in [0.2, 0.25) is 0 Å².